The fraction of sp³-hybridized carbons (Fsp3) is 0.0476. The van der Waals surface area contributed by atoms with Crippen LogP contribution in [0.5, 0.6) is 0 Å². The molecule has 4 rings (SSSR count). The molecule has 1 aliphatic rings. The number of rotatable bonds is 3. The zero-order valence-corrected chi connectivity index (χ0v) is 18.7. The Morgan fingerprint density at radius 3 is 2.44 bits per heavy atom. The Kier molecular flexibility index (Phi) is 6.31. The average molecular weight is 518 g/mol. The van der Waals surface area contributed by atoms with Crippen molar-refractivity contribution in [3.8, 4) is 11.3 Å². The minimum Gasteiger partial charge on any atom is -0.457 e. The number of alkyl halides is 3. The first-order chi connectivity index (χ1) is 15.1. The summed E-state index contributed by atoms with van der Waals surface area (Å²) in [5.41, 5.74) is -0.291. The quantitative estimate of drug-likeness (QED) is 0.360. The molecule has 164 valence electrons. The van der Waals surface area contributed by atoms with Gasteiger partial charge in [-0.05, 0) is 60.3 Å². The van der Waals surface area contributed by atoms with E-state index >= 15 is 0 Å². The SMILES string of the molecule is O=C1NC(=Nc2ccc(Cl)c(C(F)(F)F)c2)SC1=Cc1ccc(-c2ccc(Cl)c(Cl)c2)o1. The van der Waals surface area contributed by atoms with E-state index in [1.54, 1.807) is 30.3 Å². The van der Waals surface area contributed by atoms with Crippen LogP contribution >= 0.6 is 46.6 Å². The maximum atomic E-state index is 13.0. The van der Waals surface area contributed by atoms with E-state index in [-0.39, 0.29) is 15.8 Å². The predicted molar refractivity (Wildman–Crippen MR) is 121 cm³/mol. The zero-order chi connectivity index (χ0) is 23.0. The van der Waals surface area contributed by atoms with E-state index in [9.17, 15) is 18.0 Å². The summed E-state index contributed by atoms with van der Waals surface area (Å²) >= 11 is 18.5. The zero-order valence-electron chi connectivity index (χ0n) is 15.6. The standard InChI is InChI=1S/C21H10Cl3F3N2O2S/c22-14-5-2-11(8-13(14)21(25,26)27)28-20-29-19(30)18(32-20)9-12-3-6-17(31-12)10-1-4-15(23)16(24)7-10/h1-9H,(H,28,29,30). The first-order valence-electron chi connectivity index (χ1n) is 8.82. The topological polar surface area (TPSA) is 54.6 Å². The van der Waals surface area contributed by atoms with E-state index in [1.807, 2.05) is 0 Å². The maximum absolute atomic E-state index is 13.0. The summed E-state index contributed by atoms with van der Waals surface area (Å²) < 4.78 is 44.8. The highest BCUT2D eigenvalue weighted by molar-refractivity contribution is 8.18. The molecule has 3 aromatic rings. The van der Waals surface area contributed by atoms with Crippen LogP contribution in [0.4, 0.5) is 18.9 Å². The third kappa shape index (κ3) is 4.99. The molecular weight excluding hydrogens is 508 g/mol. The van der Waals surface area contributed by atoms with Gasteiger partial charge < -0.3 is 9.73 Å². The molecule has 2 aromatic carbocycles. The van der Waals surface area contributed by atoms with E-state index < -0.39 is 22.7 Å². The first-order valence-corrected chi connectivity index (χ1v) is 10.8. The van der Waals surface area contributed by atoms with Crippen LogP contribution in [-0.4, -0.2) is 11.1 Å². The van der Waals surface area contributed by atoms with Crippen molar-refractivity contribution in [2.45, 2.75) is 6.18 Å². The molecule has 1 N–H and O–H groups in total. The Labute approximate surface area is 199 Å². The summed E-state index contributed by atoms with van der Waals surface area (Å²) in [5, 5.41) is 3.01. The predicted octanol–water partition coefficient (Wildman–Crippen LogP) is 7.82. The normalized spacial score (nSPS) is 16.8. The number of amides is 1. The molecule has 0 spiro atoms. The number of carbonyl (C=O) groups is 1. The molecule has 1 fully saturated rings. The number of nitrogens with zero attached hydrogens (tertiary/aromatic N) is 1. The van der Waals surface area contributed by atoms with E-state index in [4.69, 9.17) is 39.2 Å². The Morgan fingerprint density at radius 1 is 0.969 bits per heavy atom. The van der Waals surface area contributed by atoms with Gasteiger partial charge in [-0.1, -0.05) is 34.8 Å². The van der Waals surface area contributed by atoms with Crippen molar-refractivity contribution >= 4 is 69.4 Å². The summed E-state index contributed by atoms with van der Waals surface area (Å²) in [7, 11) is 0. The van der Waals surface area contributed by atoms with Crippen molar-refractivity contribution in [1.29, 1.82) is 0 Å². The minimum absolute atomic E-state index is 0.00526. The molecule has 4 nitrogen and oxygen atoms in total. The van der Waals surface area contributed by atoms with Gasteiger partial charge in [-0.3, -0.25) is 4.79 Å². The number of carbonyl (C=O) groups excluding carboxylic acids is 1. The maximum Gasteiger partial charge on any atom is 0.417 e. The van der Waals surface area contributed by atoms with Gasteiger partial charge in [-0.2, -0.15) is 13.2 Å². The van der Waals surface area contributed by atoms with Crippen LogP contribution < -0.4 is 5.32 Å². The summed E-state index contributed by atoms with van der Waals surface area (Å²) in [6, 6.07) is 11.7. The summed E-state index contributed by atoms with van der Waals surface area (Å²) in [4.78, 5) is 16.6. The summed E-state index contributed by atoms with van der Waals surface area (Å²) in [6.07, 6.45) is -3.11. The number of benzene rings is 2. The summed E-state index contributed by atoms with van der Waals surface area (Å²) in [6.45, 7) is 0. The molecule has 32 heavy (non-hydrogen) atoms. The molecule has 0 atom stereocenters. The van der Waals surface area contributed by atoms with Crippen LogP contribution in [0.15, 0.2) is 62.8 Å². The van der Waals surface area contributed by atoms with Gasteiger partial charge in [0.15, 0.2) is 5.17 Å². The Hall–Kier alpha value is -2.39. The van der Waals surface area contributed by atoms with E-state index in [0.717, 1.165) is 23.9 Å². The van der Waals surface area contributed by atoms with Gasteiger partial charge in [0.2, 0.25) is 0 Å². The summed E-state index contributed by atoms with van der Waals surface area (Å²) in [5.74, 6) is 0.468. The van der Waals surface area contributed by atoms with Crippen LogP contribution in [-0.2, 0) is 11.0 Å². The Balaban J connectivity index is 1.56. The van der Waals surface area contributed by atoms with Gasteiger partial charge in [0.05, 0.1) is 31.2 Å². The third-order valence-electron chi connectivity index (χ3n) is 4.24. The third-order valence-corrected chi connectivity index (χ3v) is 6.22. The lowest BCUT2D eigenvalue weighted by Gasteiger charge is -2.09. The minimum atomic E-state index is -4.62. The molecule has 1 aliphatic heterocycles. The largest absolute Gasteiger partial charge is 0.457 e. The average Bonchev–Trinajstić information content (AvgIpc) is 3.32. The fourth-order valence-electron chi connectivity index (χ4n) is 2.76. The van der Waals surface area contributed by atoms with Gasteiger partial charge in [0, 0.05) is 11.6 Å². The van der Waals surface area contributed by atoms with Crippen molar-refractivity contribution in [3.05, 3.63) is 79.8 Å². The number of amidine groups is 1. The molecule has 0 aliphatic carbocycles. The Bertz CT molecular complexity index is 1290. The lowest BCUT2D eigenvalue weighted by atomic mass is 10.2. The molecule has 11 heteroatoms. The molecule has 0 saturated carbocycles. The number of furan rings is 1. The number of nitrogens with one attached hydrogen (secondary N) is 1. The van der Waals surface area contributed by atoms with Crippen LogP contribution in [0.25, 0.3) is 17.4 Å². The van der Waals surface area contributed by atoms with E-state index in [1.165, 1.54) is 12.1 Å². The second-order valence-corrected chi connectivity index (χ2v) is 8.73. The van der Waals surface area contributed by atoms with Crippen molar-refractivity contribution in [3.63, 3.8) is 0 Å². The fourth-order valence-corrected chi connectivity index (χ4v) is 4.11. The van der Waals surface area contributed by atoms with Crippen molar-refractivity contribution in [2.75, 3.05) is 0 Å². The lowest BCUT2D eigenvalue weighted by Crippen LogP contribution is -2.19. The smallest absolute Gasteiger partial charge is 0.417 e. The van der Waals surface area contributed by atoms with Crippen molar-refractivity contribution < 1.29 is 22.4 Å². The highest BCUT2D eigenvalue weighted by Gasteiger charge is 2.33. The van der Waals surface area contributed by atoms with Crippen LogP contribution in [0, 0.1) is 0 Å². The van der Waals surface area contributed by atoms with E-state index in [2.05, 4.69) is 10.3 Å². The number of halogens is 6. The number of aliphatic imine (C=N–C) groups is 1. The molecule has 2 heterocycles. The van der Waals surface area contributed by atoms with Gasteiger partial charge in [-0.25, -0.2) is 4.99 Å². The second-order valence-electron chi connectivity index (χ2n) is 6.47. The first kappa shape index (κ1) is 22.8. The molecule has 1 aromatic heterocycles. The van der Waals surface area contributed by atoms with Crippen molar-refractivity contribution in [1.82, 2.24) is 5.32 Å². The van der Waals surface area contributed by atoms with E-state index in [0.29, 0.717) is 27.1 Å². The molecule has 1 amide bonds. The highest BCUT2D eigenvalue weighted by atomic mass is 35.5. The monoisotopic (exact) mass is 516 g/mol. The number of thioether (sulfide) groups is 1. The van der Waals surface area contributed by atoms with Crippen LogP contribution in [0.1, 0.15) is 11.3 Å². The Morgan fingerprint density at radius 2 is 1.72 bits per heavy atom. The van der Waals surface area contributed by atoms with Gasteiger partial charge in [-0.15, -0.1) is 0 Å². The lowest BCUT2D eigenvalue weighted by molar-refractivity contribution is -0.137. The van der Waals surface area contributed by atoms with Crippen LogP contribution in [0.3, 0.4) is 0 Å². The van der Waals surface area contributed by atoms with Gasteiger partial charge in [0.25, 0.3) is 5.91 Å². The highest BCUT2D eigenvalue weighted by Crippen LogP contribution is 2.38. The number of hydrogen-bond donors (Lipinski definition) is 1. The number of hydrogen-bond acceptors (Lipinski definition) is 4. The molecular formula is C21H10Cl3F3N2O2S. The van der Waals surface area contributed by atoms with Gasteiger partial charge >= 0.3 is 6.18 Å². The second kappa shape index (κ2) is 8.86. The molecule has 1 saturated heterocycles. The molecule has 0 unspecified atom stereocenters. The van der Waals surface area contributed by atoms with Crippen molar-refractivity contribution in [2.24, 2.45) is 4.99 Å². The molecule has 0 radical (unpaired) electrons. The van der Waals surface area contributed by atoms with Gasteiger partial charge in [0.1, 0.15) is 11.5 Å². The molecule has 0 bridgehead atoms. The van der Waals surface area contributed by atoms with Crippen LogP contribution in [0.2, 0.25) is 15.1 Å².